The molecular formula is C13H16O. The summed E-state index contributed by atoms with van der Waals surface area (Å²) in [5.41, 5.74) is 4.08. The van der Waals surface area contributed by atoms with Crippen molar-refractivity contribution in [1.29, 1.82) is 0 Å². The number of benzene rings is 1. The van der Waals surface area contributed by atoms with Crippen molar-refractivity contribution in [2.24, 2.45) is 0 Å². The van der Waals surface area contributed by atoms with Crippen LogP contribution in [0.2, 0.25) is 0 Å². The number of methoxy groups -OCH3 is 1. The zero-order chi connectivity index (χ0) is 9.97. The topological polar surface area (TPSA) is 9.23 Å². The molecule has 0 fully saturated rings. The average Bonchev–Trinajstić information content (AvgIpc) is 2.70. The van der Waals surface area contributed by atoms with Crippen LogP contribution >= 0.6 is 0 Å². The van der Waals surface area contributed by atoms with E-state index in [2.05, 4.69) is 31.2 Å². The number of ether oxygens (including phenoxy) is 1. The number of allylic oxidation sites excluding steroid dienone is 2. The number of hydrogen-bond acceptors (Lipinski definition) is 1. The number of rotatable bonds is 2. The van der Waals surface area contributed by atoms with Gasteiger partial charge in [-0.3, -0.25) is 0 Å². The van der Waals surface area contributed by atoms with Crippen molar-refractivity contribution in [3.63, 3.8) is 0 Å². The number of aryl methyl sites for hydroxylation is 1. The quantitative estimate of drug-likeness (QED) is 0.689. The maximum absolute atomic E-state index is 5.24. The van der Waals surface area contributed by atoms with Crippen molar-refractivity contribution in [1.82, 2.24) is 0 Å². The summed E-state index contributed by atoms with van der Waals surface area (Å²) in [5, 5.41) is 0. The van der Waals surface area contributed by atoms with Crippen LogP contribution in [0.15, 0.2) is 24.3 Å². The highest BCUT2D eigenvalue weighted by Gasteiger charge is 2.08. The van der Waals surface area contributed by atoms with Crippen LogP contribution in [0.25, 0.3) is 5.57 Å². The van der Waals surface area contributed by atoms with Crippen LogP contribution < -0.4 is 4.74 Å². The third kappa shape index (κ3) is 1.67. The molecule has 0 aromatic heterocycles. The van der Waals surface area contributed by atoms with E-state index in [-0.39, 0.29) is 0 Å². The fourth-order valence-corrected chi connectivity index (χ4v) is 2.01. The minimum atomic E-state index is 0.979. The molecule has 1 aromatic rings. The van der Waals surface area contributed by atoms with Gasteiger partial charge in [0.05, 0.1) is 7.11 Å². The first-order valence-electron chi connectivity index (χ1n) is 5.15. The molecule has 0 atom stereocenters. The molecule has 1 aromatic carbocycles. The highest BCUT2D eigenvalue weighted by atomic mass is 16.5. The molecule has 1 aliphatic carbocycles. The monoisotopic (exact) mass is 188 g/mol. The lowest BCUT2D eigenvalue weighted by molar-refractivity contribution is 0.411. The van der Waals surface area contributed by atoms with Gasteiger partial charge < -0.3 is 4.74 Å². The zero-order valence-electron chi connectivity index (χ0n) is 8.84. The Morgan fingerprint density at radius 3 is 2.71 bits per heavy atom. The molecule has 0 radical (unpaired) electrons. The molecule has 1 aliphatic rings. The Kier molecular flexibility index (Phi) is 2.58. The molecule has 0 spiro atoms. The summed E-state index contributed by atoms with van der Waals surface area (Å²) in [7, 11) is 1.72. The standard InChI is InChI=1S/C13H16O/c1-10-9-12(7-8-13(10)14-2)11-5-3-4-6-11/h5,7-9H,3-4,6H2,1-2H3. The summed E-state index contributed by atoms with van der Waals surface area (Å²) in [4.78, 5) is 0. The SMILES string of the molecule is COc1ccc(C2=CCCC2)cc1C. The van der Waals surface area contributed by atoms with E-state index in [4.69, 9.17) is 4.74 Å². The molecule has 14 heavy (non-hydrogen) atoms. The van der Waals surface area contributed by atoms with Crippen molar-refractivity contribution in [2.75, 3.05) is 7.11 Å². The maximum atomic E-state index is 5.24. The Labute approximate surface area is 85.4 Å². The van der Waals surface area contributed by atoms with E-state index in [0.717, 1.165) is 5.75 Å². The fraction of sp³-hybridized carbons (Fsp3) is 0.385. The van der Waals surface area contributed by atoms with Gasteiger partial charge in [-0.15, -0.1) is 0 Å². The van der Waals surface area contributed by atoms with Gasteiger partial charge in [0.25, 0.3) is 0 Å². The lowest BCUT2D eigenvalue weighted by Crippen LogP contribution is -1.89. The first kappa shape index (κ1) is 9.32. The molecule has 0 bridgehead atoms. The molecule has 0 aliphatic heterocycles. The van der Waals surface area contributed by atoms with E-state index >= 15 is 0 Å². The molecule has 1 nitrogen and oxygen atoms in total. The third-order valence-corrected chi connectivity index (χ3v) is 2.81. The van der Waals surface area contributed by atoms with Crippen LogP contribution in [0, 0.1) is 6.92 Å². The predicted molar refractivity (Wildman–Crippen MR) is 59.6 cm³/mol. The third-order valence-electron chi connectivity index (χ3n) is 2.81. The molecule has 0 heterocycles. The van der Waals surface area contributed by atoms with Gasteiger partial charge in [0.2, 0.25) is 0 Å². The summed E-state index contributed by atoms with van der Waals surface area (Å²) in [5.74, 6) is 0.979. The molecule has 0 saturated carbocycles. The van der Waals surface area contributed by atoms with Gasteiger partial charge in [0.15, 0.2) is 0 Å². The first-order chi connectivity index (χ1) is 6.81. The highest BCUT2D eigenvalue weighted by Crippen LogP contribution is 2.30. The van der Waals surface area contributed by atoms with E-state index in [0.29, 0.717) is 0 Å². The fourth-order valence-electron chi connectivity index (χ4n) is 2.01. The lowest BCUT2D eigenvalue weighted by atomic mass is 10.0. The lowest BCUT2D eigenvalue weighted by Gasteiger charge is -2.07. The Morgan fingerprint density at radius 2 is 2.14 bits per heavy atom. The van der Waals surface area contributed by atoms with E-state index in [1.54, 1.807) is 7.11 Å². The molecule has 0 N–H and O–H groups in total. The summed E-state index contributed by atoms with van der Waals surface area (Å²) < 4.78 is 5.24. The van der Waals surface area contributed by atoms with Crippen molar-refractivity contribution in [2.45, 2.75) is 26.2 Å². The molecule has 0 unspecified atom stereocenters. The molecular weight excluding hydrogens is 172 g/mol. The minimum Gasteiger partial charge on any atom is -0.496 e. The van der Waals surface area contributed by atoms with Crippen LogP contribution in [0.1, 0.15) is 30.4 Å². The van der Waals surface area contributed by atoms with E-state index in [1.165, 1.54) is 36.0 Å². The van der Waals surface area contributed by atoms with Crippen molar-refractivity contribution in [3.05, 3.63) is 35.4 Å². The summed E-state index contributed by atoms with van der Waals surface area (Å²) in [6, 6.07) is 6.43. The zero-order valence-corrected chi connectivity index (χ0v) is 8.84. The molecule has 0 amide bonds. The Bertz CT molecular complexity index is 363. The molecule has 0 saturated heterocycles. The smallest absolute Gasteiger partial charge is 0.121 e. The highest BCUT2D eigenvalue weighted by molar-refractivity contribution is 5.68. The van der Waals surface area contributed by atoms with Gasteiger partial charge in [-0.1, -0.05) is 12.1 Å². The van der Waals surface area contributed by atoms with Gasteiger partial charge in [0.1, 0.15) is 5.75 Å². The van der Waals surface area contributed by atoms with Crippen LogP contribution in [0.5, 0.6) is 5.75 Å². The van der Waals surface area contributed by atoms with Crippen molar-refractivity contribution >= 4 is 5.57 Å². The summed E-state index contributed by atoms with van der Waals surface area (Å²) in [6.45, 7) is 2.10. The maximum Gasteiger partial charge on any atom is 0.121 e. The minimum absolute atomic E-state index is 0.979. The normalized spacial score (nSPS) is 15.4. The Hall–Kier alpha value is -1.24. The van der Waals surface area contributed by atoms with Crippen LogP contribution in [-0.2, 0) is 0 Å². The van der Waals surface area contributed by atoms with E-state index in [1.807, 2.05) is 0 Å². The second kappa shape index (κ2) is 3.87. The van der Waals surface area contributed by atoms with Crippen LogP contribution in [0.4, 0.5) is 0 Å². The van der Waals surface area contributed by atoms with Gasteiger partial charge in [-0.2, -0.15) is 0 Å². The first-order valence-corrected chi connectivity index (χ1v) is 5.15. The molecule has 74 valence electrons. The van der Waals surface area contributed by atoms with Gasteiger partial charge in [0, 0.05) is 0 Å². The Morgan fingerprint density at radius 1 is 1.29 bits per heavy atom. The molecule has 2 rings (SSSR count). The van der Waals surface area contributed by atoms with Crippen molar-refractivity contribution < 1.29 is 4.74 Å². The van der Waals surface area contributed by atoms with Crippen molar-refractivity contribution in [3.8, 4) is 5.75 Å². The second-order valence-electron chi connectivity index (χ2n) is 3.81. The van der Waals surface area contributed by atoms with Gasteiger partial charge in [-0.05, 0) is 55.0 Å². The van der Waals surface area contributed by atoms with E-state index < -0.39 is 0 Å². The van der Waals surface area contributed by atoms with Crippen LogP contribution in [0.3, 0.4) is 0 Å². The predicted octanol–water partition coefficient (Wildman–Crippen LogP) is 3.57. The number of hydrogen-bond donors (Lipinski definition) is 0. The van der Waals surface area contributed by atoms with Crippen LogP contribution in [-0.4, -0.2) is 7.11 Å². The summed E-state index contributed by atoms with van der Waals surface area (Å²) in [6.07, 6.45) is 6.12. The van der Waals surface area contributed by atoms with Gasteiger partial charge in [-0.25, -0.2) is 0 Å². The molecule has 1 heteroatoms. The van der Waals surface area contributed by atoms with E-state index in [9.17, 15) is 0 Å². The average molecular weight is 188 g/mol. The largest absolute Gasteiger partial charge is 0.496 e. The Balaban J connectivity index is 2.32. The summed E-state index contributed by atoms with van der Waals surface area (Å²) >= 11 is 0. The second-order valence-corrected chi connectivity index (χ2v) is 3.81. The van der Waals surface area contributed by atoms with Gasteiger partial charge >= 0.3 is 0 Å².